The fourth-order valence-electron chi connectivity index (χ4n) is 4.04. The molecule has 27 heavy (non-hydrogen) atoms. The number of amides is 1. The number of carbonyl (C=O) groups is 1. The Morgan fingerprint density at radius 3 is 2.48 bits per heavy atom. The molecular formula is C21H26ClN3O2. The Morgan fingerprint density at radius 1 is 1.15 bits per heavy atom. The molecule has 0 spiro atoms. The van der Waals surface area contributed by atoms with Gasteiger partial charge in [0.15, 0.2) is 0 Å². The van der Waals surface area contributed by atoms with Gasteiger partial charge in [0.05, 0.1) is 5.69 Å². The summed E-state index contributed by atoms with van der Waals surface area (Å²) in [4.78, 5) is 21.7. The summed E-state index contributed by atoms with van der Waals surface area (Å²) in [7, 11) is 0. The van der Waals surface area contributed by atoms with Gasteiger partial charge < -0.3 is 9.32 Å². The molecule has 6 heteroatoms. The molecule has 5 nitrogen and oxygen atoms in total. The monoisotopic (exact) mass is 387 g/mol. The Balaban J connectivity index is 1.35. The second-order valence-corrected chi connectivity index (χ2v) is 8.05. The number of oxazole rings is 1. The van der Waals surface area contributed by atoms with Crippen LogP contribution in [0, 0.1) is 12.8 Å². The Morgan fingerprint density at radius 2 is 1.81 bits per heavy atom. The Labute approximate surface area is 165 Å². The maximum absolute atomic E-state index is 12.6. The zero-order valence-electron chi connectivity index (χ0n) is 15.8. The smallest absolute Gasteiger partial charge is 0.226 e. The molecule has 0 N–H and O–H groups in total. The second kappa shape index (κ2) is 8.03. The third-order valence-electron chi connectivity index (χ3n) is 5.71. The summed E-state index contributed by atoms with van der Waals surface area (Å²) in [6.45, 7) is 6.51. The molecule has 3 heterocycles. The van der Waals surface area contributed by atoms with Crippen LogP contribution in [0.15, 0.2) is 28.7 Å². The number of halogens is 1. The molecule has 0 unspecified atom stereocenters. The molecule has 1 amide bonds. The lowest BCUT2D eigenvalue weighted by molar-refractivity contribution is -0.136. The average Bonchev–Trinajstić information content (AvgIpc) is 3.33. The number of aryl methyl sites for hydroxylation is 1. The number of rotatable bonds is 4. The molecule has 0 saturated carbocycles. The molecule has 2 aliphatic heterocycles. The molecular weight excluding hydrogens is 362 g/mol. The summed E-state index contributed by atoms with van der Waals surface area (Å²) < 4.78 is 5.87. The molecule has 0 aliphatic carbocycles. The standard InChI is InChI=1S/C21H26ClN3O2/c1-15-19(23-20(27-15)16-4-6-18(22)7-5-16)14-24-12-8-17(9-13-24)21(26)25-10-2-3-11-25/h4-7,17H,2-3,8-14H2,1H3. The van der Waals surface area contributed by atoms with E-state index in [4.69, 9.17) is 21.0 Å². The third kappa shape index (κ3) is 4.19. The minimum Gasteiger partial charge on any atom is -0.441 e. The van der Waals surface area contributed by atoms with Crippen molar-refractivity contribution in [2.24, 2.45) is 5.92 Å². The van der Waals surface area contributed by atoms with Crippen LogP contribution in [-0.2, 0) is 11.3 Å². The van der Waals surface area contributed by atoms with E-state index in [1.165, 1.54) is 0 Å². The minimum absolute atomic E-state index is 0.197. The molecule has 0 atom stereocenters. The number of likely N-dealkylation sites (tertiary alicyclic amines) is 2. The molecule has 2 saturated heterocycles. The van der Waals surface area contributed by atoms with Crippen LogP contribution in [0.4, 0.5) is 0 Å². The lowest BCUT2D eigenvalue weighted by atomic mass is 9.95. The van der Waals surface area contributed by atoms with E-state index < -0.39 is 0 Å². The van der Waals surface area contributed by atoms with Crippen molar-refractivity contribution in [1.29, 1.82) is 0 Å². The molecule has 0 bridgehead atoms. The van der Waals surface area contributed by atoms with E-state index in [1.807, 2.05) is 31.2 Å². The van der Waals surface area contributed by atoms with Crippen molar-refractivity contribution < 1.29 is 9.21 Å². The van der Waals surface area contributed by atoms with Gasteiger partial charge in [-0.2, -0.15) is 0 Å². The van der Waals surface area contributed by atoms with Gasteiger partial charge in [-0.3, -0.25) is 9.69 Å². The van der Waals surface area contributed by atoms with E-state index >= 15 is 0 Å². The molecule has 0 radical (unpaired) electrons. The topological polar surface area (TPSA) is 49.6 Å². The summed E-state index contributed by atoms with van der Waals surface area (Å²) in [6.07, 6.45) is 4.20. The van der Waals surface area contributed by atoms with Crippen LogP contribution in [0.1, 0.15) is 37.1 Å². The summed E-state index contributed by atoms with van der Waals surface area (Å²) >= 11 is 5.96. The molecule has 144 valence electrons. The van der Waals surface area contributed by atoms with E-state index in [9.17, 15) is 4.79 Å². The van der Waals surface area contributed by atoms with Gasteiger partial charge in [0.1, 0.15) is 5.76 Å². The normalized spacial score (nSPS) is 19.0. The van der Waals surface area contributed by atoms with Gasteiger partial charge in [-0.15, -0.1) is 0 Å². The molecule has 1 aromatic carbocycles. The van der Waals surface area contributed by atoms with Crippen LogP contribution in [0.2, 0.25) is 5.02 Å². The maximum atomic E-state index is 12.6. The fourth-order valence-corrected chi connectivity index (χ4v) is 4.16. The summed E-state index contributed by atoms with van der Waals surface area (Å²) in [5.74, 6) is 2.06. The highest BCUT2D eigenvalue weighted by atomic mass is 35.5. The highest BCUT2D eigenvalue weighted by Crippen LogP contribution is 2.26. The number of hydrogen-bond donors (Lipinski definition) is 0. The van der Waals surface area contributed by atoms with Crippen LogP contribution in [0.3, 0.4) is 0 Å². The largest absolute Gasteiger partial charge is 0.441 e. The van der Waals surface area contributed by atoms with Gasteiger partial charge in [-0.1, -0.05) is 11.6 Å². The molecule has 2 aliphatic rings. The number of hydrogen-bond acceptors (Lipinski definition) is 4. The van der Waals surface area contributed by atoms with Crippen molar-refractivity contribution in [1.82, 2.24) is 14.8 Å². The highest BCUT2D eigenvalue weighted by Gasteiger charge is 2.30. The lowest BCUT2D eigenvalue weighted by Crippen LogP contribution is -2.41. The van der Waals surface area contributed by atoms with Gasteiger partial charge in [0.2, 0.25) is 11.8 Å². The summed E-state index contributed by atoms with van der Waals surface area (Å²) in [6, 6.07) is 7.54. The first-order valence-electron chi connectivity index (χ1n) is 9.83. The van der Waals surface area contributed by atoms with E-state index in [0.29, 0.717) is 16.8 Å². The van der Waals surface area contributed by atoms with Gasteiger partial charge >= 0.3 is 0 Å². The fraction of sp³-hybridized carbons (Fsp3) is 0.524. The molecule has 1 aromatic heterocycles. The first-order chi connectivity index (χ1) is 13.1. The quantitative estimate of drug-likeness (QED) is 0.791. The van der Waals surface area contributed by atoms with Gasteiger partial charge in [0.25, 0.3) is 0 Å². The number of nitrogens with zero attached hydrogens (tertiary/aromatic N) is 3. The number of benzene rings is 1. The Kier molecular flexibility index (Phi) is 5.50. The van der Waals surface area contributed by atoms with Gasteiger partial charge in [0, 0.05) is 36.1 Å². The molecule has 2 aromatic rings. The van der Waals surface area contributed by atoms with E-state index in [2.05, 4.69) is 9.80 Å². The SMILES string of the molecule is Cc1oc(-c2ccc(Cl)cc2)nc1CN1CCC(C(=O)N2CCCC2)CC1. The predicted octanol–water partition coefficient (Wildman–Crippen LogP) is 4.14. The van der Waals surface area contributed by atoms with Crippen LogP contribution in [0.5, 0.6) is 0 Å². The van der Waals surface area contributed by atoms with Crippen molar-refractivity contribution in [3.63, 3.8) is 0 Å². The first kappa shape index (κ1) is 18.5. The molecule has 2 fully saturated rings. The minimum atomic E-state index is 0.197. The van der Waals surface area contributed by atoms with E-state index in [0.717, 1.165) is 75.4 Å². The third-order valence-corrected chi connectivity index (χ3v) is 5.96. The first-order valence-corrected chi connectivity index (χ1v) is 10.2. The van der Waals surface area contributed by atoms with Gasteiger partial charge in [-0.05, 0) is 70.0 Å². The number of aromatic nitrogens is 1. The van der Waals surface area contributed by atoms with Crippen LogP contribution in [-0.4, -0.2) is 46.9 Å². The van der Waals surface area contributed by atoms with Crippen molar-refractivity contribution >= 4 is 17.5 Å². The molecule has 4 rings (SSSR count). The van der Waals surface area contributed by atoms with Crippen LogP contribution < -0.4 is 0 Å². The Hall–Kier alpha value is -1.85. The number of piperidine rings is 1. The van der Waals surface area contributed by atoms with Crippen LogP contribution in [0.25, 0.3) is 11.5 Å². The zero-order chi connectivity index (χ0) is 18.8. The van der Waals surface area contributed by atoms with Crippen LogP contribution >= 0.6 is 11.6 Å². The highest BCUT2D eigenvalue weighted by molar-refractivity contribution is 6.30. The maximum Gasteiger partial charge on any atom is 0.226 e. The van der Waals surface area contributed by atoms with Crippen molar-refractivity contribution in [2.75, 3.05) is 26.2 Å². The van der Waals surface area contributed by atoms with Crippen molar-refractivity contribution in [3.05, 3.63) is 40.7 Å². The lowest BCUT2D eigenvalue weighted by Gasteiger charge is -2.32. The van der Waals surface area contributed by atoms with E-state index in [1.54, 1.807) is 0 Å². The van der Waals surface area contributed by atoms with Crippen molar-refractivity contribution in [2.45, 2.75) is 39.2 Å². The van der Waals surface area contributed by atoms with Crippen molar-refractivity contribution in [3.8, 4) is 11.5 Å². The zero-order valence-corrected chi connectivity index (χ0v) is 16.5. The predicted molar refractivity (Wildman–Crippen MR) is 106 cm³/mol. The summed E-state index contributed by atoms with van der Waals surface area (Å²) in [5.41, 5.74) is 1.91. The van der Waals surface area contributed by atoms with Gasteiger partial charge in [-0.25, -0.2) is 4.98 Å². The number of carbonyl (C=O) groups excluding carboxylic acids is 1. The van der Waals surface area contributed by atoms with E-state index in [-0.39, 0.29) is 5.92 Å². The Bertz CT molecular complexity index is 788. The summed E-state index contributed by atoms with van der Waals surface area (Å²) in [5, 5.41) is 0.702. The average molecular weight is 388 g/mol. The second-order valence-electron chi connectivity index (χ2n) is 7.61.